The predicted octanol–water partition coefficient (Wildman–Crippen LogP) is 7.04. The van der Waals surface area contributed by atoms with E-state index in [9.17, 15) is 14.3 Å². The lowest BCUT2D eigenvalue weighted by molar-refractivity contribution is -0.906. The summed E-state index contributed by atoms with van der Waals surface area (Å²) < 4.78 is 34.0. The summed E-state index contributed by atoms with van der Waals surface area (Å²) in [6, 6.07) is 0. The number of phosphoric acid groups is 1. The van der Waals surface area contributed by atoms with Crippen molar-refractivity contribution < 1.29 is 37.3 Å². The van der Waals surface area contributed by atoms with Gasteiger partial charge in [0.25, 0.3) is 0 Å². The lowest BCUT2D eigenvalue weighted by atomic mass is 10.0. The molecule has 0 aromatic heterocycles. The van der Waals surface area contributed by atoms with Gasteiger partial charge in [-0.05, 0) is 20.3 Å². The molecule has 9 heteroatoms. The molecular weight excluding hydrogens is 493 g/mol. The van der Waals surface area contributed by atoms with Crippen LogP contribution >= 0.6 is 7.82 Å². The Labute approximate surface area is 228 Å². The number of likely N-dealkylation sites (N-methyl/N-ethyl adjacent to an activating group) is 1. The van der Waals surface area contributed by atoms with Crippen molar-refractivity contribution in [1.29, 1.82) is 0 Å². The van der Waals surface area contributed by atoms with E-state index in [2.05, 4.69) is 27.8 Å². The lowest BCUT2D eigenvalue weighted by Crippen LogP contribution is -2.45. The summed E-state index contributed by atoms with van der Waals surface area (Å²) in [5, 5.41) is 0. The number of unbranched alkanes of at least 4 members (excludes halogenated alkanes) is 13. The molecule has 0 aromatic rings. The maximum Gasteiger partial charge on any atom is 0.472 e. The zero-order valence-corrected chi connectivity index (χ0v) is 25.6. The first-order valence-corrected chi connectivity index (χ1v) is 16.4. The molecule has 1 N–H and O–H groups in total. The lowest BCUT2D eigenvalue weighted by Gasteiger charge is -2.32. The van der Waals surface area contributed by atoms with Gasteiger partial charge in [0.2, 0.25) is 0 Å². The fourth-order valence-electron chi connectivity index (χ4n) is 4.10. The van der Waals surface area contributed by atoms with Crippen LogP contribution in [0.15, 0.2) is 0 Å². The number of nitrogens with zero attached hydrogens (tertiary/aromatic N) is 1. The Morgan fingerprint density at radius 2 is 1.24 bits per heavy atom. The molecule has 0 fully saturated rings. The van der Waals surface area contributed by atoms with E-state index >= 15 is 0 Å². The molecule has 1 unspecified atom stereocenters. The van der Waals surface area contributed by atoms with Crippen LogP contribution in [0.25, 0.3) is 0 Å². The Bertz CT molecular complexity index is 587. The highest BCUT2D eigenvalue weighted by atomic mass is 31.2. The molecule has 0 amide bonds. The van der Waals surface area contributed by atoms with E-state index in [4.69, 9.17) is 18.5 Å². The van der Waals surface area contributed by atoms with Gasteiger partial charge in [0.1, 0.15) is 19.3 Å². The average molecular weight is 553 g/mol. The number of esters is 1. The number of phosphoric ester groups is 1. The summed E-state index contributed by atoms with van der Waals surface area (Å²) in [4.78, 5) is 21.4. The van der Waals surface area contributed by atoms with Crippen molar-refractivity contribution in [3.63, 3.8) is 0 Å². The Kier molecular flexibility index (Phi) is 23.1. The molecule has 0 heterocycles. The third-order valence-electron chi connectivity index (χ3n) is 7.11. The van der Waals surface area contributed by atoms with Gasteiger partial charge in [-0.1, -0.05) is 90.4 Å². The number of hydrogen-bond acceptors (Lipinski definition) is 6. The largest absolute Gasteiger partial charge is 0.472 e. The van der Waals surface area contributed by atoms with Crippen LogP contribution in [-0.4, -0.2) is 74.6 Å². The zero-order valence-electron chi connectivity index (χ0n) is 24.7. The summed E-state index contributed by atoms with van der Waals surface area (Å²) in [6.45, 7) is 10.7. The van der Waals surface area contributed by atoms with Crippen LogP contribution < -0.4 is 0 Å². The van der Waals surface area contributed by atoms with E-state index in [1.165, 1.54) is 84.0 Å². The van der Waals surface area contributed by atoms with Crippen molar-refractivity contribution in [2.24, 2.45) is 0 Å². The van der Waals surface area contributed by atoms with Crippen molar-refractivity contribution >= 4 is 13.8 Å². The van der Waals surface area contributed by atoms with E-state index < -0.39 is 19.9 Å². The number of hydrogen-bond donors (Lipinski definition) is 1. The first-order chi connectivity index (χ1) is 17.7. The minimum atomic E-state index is -4.23. The summed E-state index contributed by atoms with van der Waals surface area (Å²) >= 11 is 0. The molecule has 37 heavy (non-hydrogen) atoms. The quantitative estimate of drug-likeness (QED) is 0.0506. The Morgan fingerprint density at radius 1 is 0.757 bits per heavy atom. The number of carbonyl (C=O) groups excluding carboxylic acids is 1. The molecule has 0 aliphatic heterocycles. The summed E-state index contributed by atoms with van der Waals surface area (Å²) in [7, 11) is -2.16. The van der Waals surface area contributed by atoms with Crippen LogP contribution in [0, 0.1) is 0 Å². The first-order valence-electron chi connectivity index (χ1n) is 14.9. The summed E-state index contributed by atoms with van der Waals surface area (Å²) in [5.41, 5.74) is 0. The average Bonchev–Trinajstić information content (AvgIpc) is 2.86. The molecule has 0 saturated heterocycles. The highest BCUT2D eigenvalue weighted by molar-refractivity contribution is 7.47. The van der Waals surface area contributed by atoms with Crippen LogP contribution in [0.2, 0.25) is 0 Å². The molecule has 0 rings (SSSR count). The molecule has 0 radical (unpaired) electrons. The molecule has 0 spiro atoms. The summed E-state index contributed by atoms with van der Waals surface area (Å²) in [6.07, 6.45) is 17.4. The van der Waals surface area contributed by atoms with E-state index in [0.717, 1.165) is 30.4 Å². The van der Waals surface area contributed by atoms with Crippen molar-refractivity contribution in [2.45, 2.75) is 124 Å². The minimum absolute atomic E-state index is 0.111. The number of carbonyl (C=O) groups is 1. The zero-order chi connectivity index (χ0) is 27.8. The van der Waals surface area contributed by atoms with Crippen molar-refractivity contribution in [1.82, 2.24) is 0 Å². The fourth-order valence-corrected chi connectivity index (χ4v) is 4.84. The third kappa shape index (κ3) is 23.1. The summed E-state index contributed by atoms with van der Waals surface area (Å²) in [5.74, 6) is -0.485. The van der Waals surface area contributed by atoms with Gasteiger partial charge in [0.05, 0.1) is 33.4 Å². The monoisotopic (exact) mass is 552 g/mol. The Hall–Kier alpha value is -0.500. The topological polar surface area (TPSA) is 91.3 Å². The maximum atomic E-state index is 12.2. The van der Waals surface area contributed by atoms with E-state index in [1.54, 1.807) is 0 Å². The Balaban J connectivity index is 3.88. The van der Waals surface area contributed by atoms with Crippen LogP contribution in [0.1, 0.15) is 118 Å². The van der Waals surface area contributed by atoms with Gasteiger partial charge < -0.3 is 18.9 Å². The van der Waals surface area contributed by atoms with Crippen molar-refractivity contribution in [3.05, 3.63) is 0 Å². The van der Waals surface area contributed by atoms with Gasteiger partial charge in [-0.25, -0.2) is 4.57 Å². The van der Waals surface area contributed by atoms with Crippen LogP contribution in [0.5, 0.6) is 0 Å². The second-order valence-corrected chi connectivity index (χ2v) is 11.9. The smallest absolute Gasteiger partial charge is 0.458 e. The second-order valence-electron chi connectivity index (χ2n) is 10.5. The molecule has 0 aliphatic carbocycles. The van der Waals surface area contributed by atoms with E-state index in [1.807, 2.05) is 0 Å². The van der Waals surface area contributed by atoms with Crippen LogP contribution in [-0.2, 0) is 27.9 Å². The third-order valence-corrected chi connectivity index (χ3v) is 8.10. The van der Waals surface area contributed by atoms with Gasteiger partial charge in [-0.3, -0.25) is 13.8 Å². The molecule has 0 aliphatic rings. The molecule has 8 nitrogen and oxygen atoms in total. The predicted molar refractivity (Wildman–Crippen MR) is 151 cm³/mol. The second kappa shape index (κ2) is 23.4. The molecule has 0 bridgehead atoms. The van der Waals surface area contributed by atoms with Gasteiger partial charge in [0.15, 0.2) is 0 Å². The van der Waals surface area contributed by atoms with Crippen LogP contribution in [0.3, 0.4) is 0 Å². The van der Waals surface area contributed by atoms with Crippen molar-refractivity contribution in [3.8, 4) is 0 Å². The first kappa shape index (κ1) is 36.5. The number of ether oxygens (including phenoxy) is 2. The number of rotatable bonds is 27. The highest BCUT2D eigenvalue weighted by Crippen LogP contribution is 2.43. The molecule has 0 aromatic carbocycles. The maximum absolute atomic E-state index is 12.2. The molecule has 222 valence electrons. The molecule has 0 saturated carbocycles. The minimum Gasteiger partial charge on any atom is -0.458 e. The van der Waals surface area contributed by atoms with Crippen molar-refractivity contribution in [2.75, 3.05) is 53.1 Å². The Morgan fingerprint density at radius 3 is 1.70 bits per heavy atom. The molecular formula is C28H59NO7P+. The molecule has 2 atom stereocenters. The van der Waals surface area contributed by atoms with Gasteiger partial charge in [-0.15, -0.1) is 0 Å². The van der Waals surface area contributed by atoms with Crippen LogP contribution in [0.4, 0.5) is 0 Å². The van der Waals surface area contributed by atoms with E-state index in [0.29, 0.717) is 13.2 Å². The number of quaternary nitrogens is 1. The highest BCUT2D eigenvalue weighted by Gasteiger charge is 2.26. The van der Waals surface area contributed by atoms with Gasteiger partial charge >= 0.3 is 13.8 Å². The fraction of sp³-hybridized carbons (Fsp3) is 0.964. The SMILES string of the molecule is CCCCCCCCCCCCCCCCOC[C@H](COP(=O)(O)OCC[N+](C)(CC)CC)OC(C)=O. The van der Waals surface area contributed by atoms with Gasteiger partial charge in [0, 0.05) is 13.5 Å². The van der Waals surface area contributed by atoms with Gasteiger partial charge in [-0.2, -0.15) is 0 Å². The van der Waals surface area contributed by atoms with E-state index in [-0.39, 0.29) is 19.8 Å². The standard InChI is InChI=1S/C28H58NO7P/c1-6-9-10-11-12-13-14-15-16-17-18-19-20-21-23-33-25-28(36-27(4)30)26-35-37(31,32)34-24-22-29(5,7-2)8-3/h28H,6-26H2,1-5H3/p+1/t28-/m1/s1. The normalized spacial score (nSPS) is 14.4.